The molecular formula is C13H17FN2O. The van der Waals surface area contributed by atoms with Crippen molar-refractivity contribution in [2.45, 2.75) is 25.3 Å². The molecule has 1 aliphatic heterocycles. The van der Waals surface area contributed by atoms with Crippen molar-refractivity contribution in [1.82, 2.24) is 10.6 Å². The van der Waals surface area contributed by atoms with Crippen LogP contribution in [0.5, 0.6) is 0 Å². The summed E-state index contributed by atoms with van der Waals surface area (Å²) in [6.45, 7) is 3.22. The van der Waals surface area contributed by atoms with Gasteiger partial charge < -0.3 is 10.6 Å². The molecule has 0 saturated carbocycles. The van der Waals surface area contributed by atoms with E-state index in [4.69, 9.17) is 0 Å². The minimum atomic E-state index is -0.223. The third-order valence-corrected chi connectivity index (χ3v) is 3.17. The summed E-state index contributed by atoms with van der Waals surface area (Å²) in [7, 11) is 0. The summed E-state index contributed by atoms with van der Waals surface area (Å²) in [6.07, 6.45) is 0.955. The Morgan fingerprint density at radius 3 is 2.76 bits per heavy atom. The second kappa shape index (κ2) is 5.27. The maximum atomic E-state index is 12.9. The highest BCUT2D eigenvalue weighted by Crippen LogP contribution is 2.25. The van der Waals surface area contributed by atoms with Gasteiger partial charge in [0.1, 0.15) is 5.82 Å². The van der Waals surface area contributed by atoms with E-state index in [0.717, 1.165) is 25.1 Å². The Morgan fingerprint density at radius 2 is 2.12 bits per heavy atom. The minimum absolute atomic E-state index is 0.0224. The van der Waals surface area contributed by atoms with Crippen molar-refractivity contribution < 1.29 is 9.18 Å². The van der Waals surface area contributed by atoms with Crippen LogP contribution in [0.2, 0.25) is 0 Å². The molecule has 92 valence electrons. The van der Waals surface area contributed by atoms with Gasteiger partial charge in [-0.2, -0.15) is 0 Å². The van der Waals surface area contributed by atoms with E-state index < -0.39 is 0 Å². The van der Waals surface area contributed by atoms with E-state index in [0.29, 0.717) is 0 Å². The van der Waals surface area contributed by atoms with Gasteiger partial charge in [-0.05, 0) is 30.7 Å². The first-order chi connectivity index (χ1) is 8.16. The van der Waals surface area contributed by atoms with Gasteiger partial charge in [0.2, 0.25) is 5.91 Å². The third kappa shape index (κ3) is 3.03. The van der Waals surface area contributed by atoms with Gasteiger partial charge in [0.05, 0.1) is 0 Å². The molecule has 1 aromatic rings. The molecule has 1 heterocycles. The lowest BCUT2D eigenvalue weighted by atomic mass is 9.86. The molecule has 1 fully saturated rings. The molecule has 2 atom stereocenters. The molecule has 4 heteroatoms. The second-order valence-corrected chi connectivity index (χ2v) is 4.46. The Hall–Kier alpha value is -1.42. The Bertz CT molecular complexity index is 391. The predicted octanol–water partition coefficient (Wildman–Crippen LogP) is 1.41. The third-order valence-electron chi connectivity index (χ3n) is 3.17. The summed E-state index contributed by atoms with van der Waals surface area (Å²) in [5.41, 5.74) is 1.09. The molecule has 17 heavy (non-hydrogen) atoms. The fourth-order valence-electron chi connectivity index (χ4n) is 2.38. The molecular weight excluding hydrogens is 219 g/mol. The summed E-state index contributed by atoms with van der Waals surface area (Å²) >= 11 is 0. The standard InChI is InChI=1S/C13H17FN2O/c1-9(17)16-13-8-15-7-6-12(13)10-2-4-11(14)5-3-10/h2-5,12-13,15H,6-8H2,1H3,(H,16,17). The summed E-state index contributed by atoms with van der Waals surface area (Å²) in [5.74, 6) is 0.0188. The van der Waals surface area contributed by atoms with Crippen LogP contribution >= 0.6 is 0 Å². The molecule has 0 radical (unpaired) electrons. The van der Waals surface area contributed by atoms with Crippen molar-refractivity contribution in [1.29, 1.82) is 0 Å². The van der Waals surface area contributed by atoms with E-state index in [2.05, 4.69) is 10.6 Å². The molecule has 2 N–H and O–H groups in total. The molecule has 2 rings (SSSR count). The Kier molecular flexibility index (Phi) is 3.74. The van der Waals surface area contributed by atoms with Gasteiger partial charge in [-0.3, -0.25) is 4.79 Å². The summed E-state index contributed by atoms with van der Waals surface area (Å²) in [4.78, 5) is 11.1. The maximum absolute atomic E-state index is 12.9. The second-order valence-electron chi connectivity index (χ2n) is 4.46. The number of carbonyl (C=O) groups excluding carboxylic acids is 1. The molecule has 3 nitrogen and oxygen atoms in total. The molecule has 1 aliphatic rings. The first-order valence-corrected chi connectivity index (χ1v) is 5.90. The van der Waals surface area contributed by atoms with E-state index >= 15 is 0 Å². The fourth-order valence-corrected chi connectivity index (χ4v) is 2.38. The van der Waals surface area contributed by atoms with Gasteiger partial charge in [-0.25, -0.2) is 4.39 Å². The molecule has 0 bridgehead atoms. The Balaban J connectivity index is 2.15. The number of piperidine rings is 1. The van der Waals surface area contributed by atoms with Crippen LogP contribution in [-0.2, 0) is 4.79 Å². The SMILES string of the molecule is CC(=O)NC1CNCCC1c1ccc(F)cc1. The Morgan fingerprint density at radius 1 is 1.41 bits per heavy atom. The number of hydrogen-bond acceptors (Lipinski definition) is 2. The van der Waals surface area contributed by atoms with Crippen molar-refractivity contribution in [2.24, 2.45) is 0 Å². The van der Waals surface area contributed by atoms with Crippen LogP contribution in [0.3, 0.4) is 0 Å². The van der Waals surface area contributed by atoms with Crippen molar-refractivity contribution in [3.05, 3.63) is 35.6 Å². The Labute approximate surface area is 100 Å². The zero-order chi connectivity index (χ0) is 12.3. The average Bonchev–Trinajstić information content (AvgIpc) is 2.30. The topological polar surface area (TPSA) is 41.1 Å². The van der Waals surface area contributed by atoms with Gasteiger partial charge in [0, 0.05) is 25.4 Å². The fraction of sp³-hybridized carbons (Fsp3) is 0.462. The molecule has 0 aliphatic carbocycles. The zero-order valence-corrected chi connectivity index (χ0v) is 9.87. The number of hydrogen-bond donors (Lipinski definition) is 2. The van der Waals surface area contributed by atoms with Crippen molar-refractivity contribution in [3.8, 4) is 0 Å². The number of benzene rings is 1. The van der Waals surface area contributed by atoms with E-state index in [-0.39, 0.29) is 23.7 Å². The van der Waals surface area contributed by atoms with Crippen molar-refractivity contribution >= 4 is 5.91 Å². The number of carbonyl (C=O) groups is 1. The van der Waals surface area contributed by atoms with Crippen LogP contribution in [-0.4, -0.2) is 25.0 Å². The van der Waals surface area contributed by atoms with E-state index in [9.17, 15) is 9.18 Å². The van der Waals surface area contributed by atoms with E-state index in [1.165, 1.54) is 19.1 Å². The number of nitrogens with one attached hydrogen (secondary N) is 2. The normalized spacial score (nSPS) is 24.4. The monoisotopic (exact) mass is 236 g/mol. The summed E-state index contributed by atoms with van der Waals surface area (Å²) in [5, 5.41) is 6.21. The molecule has 2 unspecified atom stereocenters. The first kappa shape index (κ1) is 12.0. The highest BCUT2D eigenvalue weighted by atomic mass is 19.1. The zero-order valence-electron chi connectivity index (χ0n) is 9.87. The van der Waals surface area contributed by atoms with Crippen LogP contribution in [0, 0.1) is 5.82 Å². The van der Waals surface area contributed by atoms with Gasteiger partial charge in [-0.15, -0.1) is 0 Å². The summed E-state index contributed by atoms with van der Waals surface area (Å²) in [6, 6.07) is 6.65. The number of rotatable bonds is 2. The number of halogens is 1. The van der Waals surface area contributed by atoms with Crippen LogP contribution in [0.1, 0.15) is 24.8 Å². The summed E-state index contributed by atoms with van der Waals surface area (Å²) < 4.78 is 12.9. The lowest BCUT2D eigenvalue weighted by Gasteiger charge is -2.32. The lowest BCUT2D eigenvalue weighted by molar-refractivity contribution is -0.119. The van der Waals surface area contributed by atoms with Crippen LogP contribution < -0.4 is 10.6 Å². The molecule has 1 aromatic carbocycles. The van der Waals surface area contributed by atoms with Crippen LogP contribution in [0.25, 0.3) is 0 Å². The van der Waals surface area contributed by atoms with Crippen LogP contribution in [0.4, 0.5) is 4.39 Å². The minimum Gasteiger partial charge on any atom is -0.352 e. The highest BCUT2D eigenvalue weighted by molar-refractivity contribution is 5.73. The first-order valence-electron chi connectivity index (χ1n) is 5.90. The molecule has 0 spiro atoms. The van der Waals surface area contributed by atoms with E-state index in [1.54, 1.807) is 12.1 Å². The van der Waals surface area contributed by atoms with Gasteiger partial charge >= 0.3 is 0 Å². The van der Waals surface area contributed by atoms with E-state index in [1.807, 2.05) is 0 Å². The molecule has 1 amide bonds. The quantitative estimate of drug-likeness (QED) is 0.815. The maximum Gasteiger partial charge on any atom is 0.217 e. The van der Waals surface area contributed by atoms with Gasteiger partial charge in [-0.1, -0.05) is 12.1 Å². The smallest absolute Gasteiger partial charge is 0.217 e. The van der Waals surface area contributed by atoms with Crippen molar-refractivity contribution in [2.75, 3.05) is 13.1 Å². The molecule has 1 saturated heterocycles. The lowest BCUT2D eigenvalue weighted by Crippen LogP contribution is -2.49. The average molecular weight is 236 g/mol. The predicted molar refractivity (Wildman–Crippen MR) is 64.2 cm³/mol. The van der Waals surface area contributed by atoms with Crippen LogP contribution in [0.15, 0.2) is 24.3 Å². The van der Waals surface area contributed by atoms with Crippen molar-refractivity contribution in [3.63, 3.8) is 0 Å². The largest absolute Gasteiger partial charge is 0.352 e. The molecule has 0 aromatic heterocycles. The van der Waals surface area contributed by atoms with Gasteiger partial charge in [0.15, 0.2) is 0 Å². The number of amides is 1. The highest BCUT2D eigenvalue weighted by Gasteiger charge is 2.26. The van der Waals surface area contributed by atoms with Gasteiger partial charge in [0.25, 0.3) is 0 Å².